The molecule has 4 aromatic rings. The minimum atomic E-state index is -0.925. The molecule has 7 nitrogen and oxygen atoms in total. The topological polar surface area (TPSA) is 97.0 Å². The van der Waals surface area contributed by atoms with E-state index in [4.69, 9.17) is 9.84 Å². The first kappa shape index (κ1) is 18.5. The van der Waals surface area contributed by atoms with Gasteiger partial charge in [-0.25, -0.2) is 14.3 Å². The average molecular weight is 389 g/mol. The summed E-state index contributed by atoms with van der Waals surface area (Å²) in [6.07, 6.45) is 4.95. The van der Waals surface area contributed by atoms with Gasteiger partial charge in [0.05, 0.1) is 30.8 Å². The lowest BCUT2D eigenvalue weighted by Crippen LogP contribution is -2.00. The second-order valence-corrected chi connectivity index (χ2v) is 6.67. The number of phenolic OH excluding ortho intramolecular Hbond substituents is 1. The number of carboxylic acids is 1. The molecule has 0 radical (unpaired) electrons. The van der Waals surface area contributed by atoms with Crippen LogP contribution < -0.4 is 4.74 Å². The molecule has 7 heteroatoms. The number of aromatic carboxylic acids is 1. The van der Waals surface area contributed by atoms with Gasteiger partial charge in [0.15, 0.2) is 17.1 Å². The molecule has 0 saturated carbocycles. The van der Waals surface area contributed by atoms with E-state index >= 15 is 0 Å². The number of carbonyl (C=O) groups is 1. The molecule has 2 heterocycles. The number of aromatic hydroxyl groups is 1. The van der Waals surface area contributed by atoms with Gasteiger partial charge in [0, 0.05) is 5.56 Å². The number of benzene rings is 2. The fourth-order valence-electron chi connectivity index (χ4n) is 3.23. The maximum atomic E-state index is 11.1. The van der Waals surface area contributed by atoms with Gasteiger partial charge in [-0.1, -0.05) is 12.1 Å². The highest BCUT2D eigenvalue weighted by Crippen LogP contribution is 2.31. The summed E-state index contributed by atoms with van der Waals surface area (Å²) in [6.45, 7) is 0. The Balaban J connectivity index is 1.57. The minimum absolute atomic E-state index is 0.0762. The average Bonchev–Trinajstić information content (AvgIpc) is 3.16. The summed E-state index contributed by atoms with van der Waals surface area (Å²) in [5, 5.41) is 23.4. The van der Waals surface area contributed by atoms with E-state index in [1.807, 2.05) is 12.1 Å². The normalized spacial score (nSPS) is 10.9. The zero-order valence-corrected chi connectivity index (χ0v) is 15.7. The summed E-state index contributed by atoms with van der Waals surface area (Å²) in [5.41, 5.74) is 4.60. The maximum absolute atomic E-state index is 11.1. The van der Waals surface area contributed by atoms with Gasteiger partial charge in [0.2, 0.25) is 0 Å². The molecule has 29 heavy (non-hydrogen) atoms. The number of hydrogen-bond donors (Lipinski definition) is 2. The molecule has 2 aromatic carbocycles. The van der Waals surface area contributed by atoms with Crippen LogP contribution in [0, 0.1) is 0 Å². The zero-order valence-electron chi connectivity index (χ0n) is 15.7. The first-order valence-electron chi connectivity index (χ1n) is 9.07. The van der Waals surface area contributed by atoms with Crippen LogP contribution in [0.25, 0.3) is 16.9 Å². The molecule has 0 aliphatic rings. The fraction of sp³-hybridized carbons (Fsp3) is 0.136. The Hall–Kier alpha value is -3.87. The first-order valence-corrected chi connectivity index (χ1v) is 9.07. The third-order valence-electron chi connectivity index (χ3n) is 4.77. The van der Waals surface area contributed by atoms with Gasteiger partial charge >= 0.3 is 5.97 Å². The number of imidazole rings is 1. The quantitative estimate of drug-likeness (QED) is 0.523. The predicted octanol–water partition coefficient (Wildman–Crippen LogP) is 3.59. The highest BCUT2D eigenvalue weighted by atomic mass is 16.5. The summed E-state index contributed by atoms with van der Waals surface area (Å²) >= 11 is 0. The summed E-state index contributed by atoms with van der Waals surface area (Å²) in [7, 11) is 1.50. The minimum Gasteiger partial charge on any atom is -0.504 e. The van der Waals surface area contributed by atoms with Crippen molar-refractivity contribution in [2.24, 2.45) is 0 Å². The van der Waals surface area contributed by atoms with Crippen molar-refractivity contribution in [3.63, 3.8) is 0 Å². The molecular weight excluding hydrogens is 370 g/mol. The number of carboxylic acid groups (broad SMARTS) is 1. The van der Waals surface area contributed by atoms with Gasteiger partial charge in [-0.15, -0.1) is 0 Å². The lowest BCUT2D eigenvalue weighted by Gasteiger charge is -2.07. The third-order valence-corrected chi connectivity index (χ3v) is 4.77. The van der Waals surface area contributed by atoms with Crippen molar-refractivity contribution in [3.05, 3.63) is 77.6 Å². The van der Waals surface area contributed by atoms with Crippen molar-refractivity contribution in [1.82, 2.24) is 14.6 Å². The van der Waals surface area contributed by atoms with E-state index in [0.29, 0.717) is 23.4 Å². The Bertz CT molecular complexity index is 1200. The van der Waals surface area contributed by atoms with E-state index in [9.17, 15) is 9.90 Å². The van der Waals surface area contributed by atoms with Crippen LogP contribution in [-0.2, 0) is 12.8 Å². The van der Waals surface area contributed by atoms with E-state index < -0.39 is 5.97 Å². The van der Waals surface area contributed by atoms with E-state index in [-0.39, 0.29) is 5.75 Å². The Morgan fingerprint density at radius 3 is 2.69 bits per heavy atom. The van der Waals surface area contributed by atoms with Crippen LogP contribution in [0.15, 0.2) is 60.9 Å². The second-order valence-electron chi connectivity index (χ2n) is 6.67. The van der Waals surface area contributed by atoms with Gasteiger partial charge < -0.3 is 14.9 Å². The van der Waals surface area contributed by atoms with E-state index in [1.165, 1.54) is 7.11 Å². The summed E-state index contributed by atoms with van der Waals surface area (Å²) < 4.78 is 6.91. The Labute approximate surface area is 166 Å². The summed E-state index contributed by atoms with van der Waals surface area (Å²) in [5.74, 6) is -0.462. The van der Waals surface area contributed by atoms with Crippen LogP contribution in [0.4, 0.5) is 0 Å². The molecule has 2 N–H and O–H groups in total. The number of aryl methyl sites for hydroxylation is 2. The first-order chi connectivity index (χ1) is 14.0. The molecule has 0 aliphatic carbocycles. The SMILES string of the molecule is COc1cc(-c2cnc3cc(CCc4cccc(C(=O)O)c4)cnn23)ccc1O. The number of nitrogens with zero attached hydrogens (tertiary/aromatic N) is 3. The molecule has 0 atom stereocenters. The molecule has 0 amide bonds. The van der Waals surface area contributed by atoms with Crippen molar-refractivity contribution >= 4 is 11.6 Å². The Kier molecular flexibility index (Phi) is 4.87. The van der Waals surface area contributed by atoms with Crippen LogP contribution >= 0.6 is 0 Å². The molecule has 0 bridgehead atoms. The number of methoxy groups -OCH3 is 1. The molecule has 0 saturated heterocycles. The number of fused-ring (bicyclic) bond motifs is 1. The summed E-state index contributed by atoms with van der Waals surface area (Å²) in [4.78, 5) is 15.6. The molecule has 146 valence electrons. The number of hydrogen-bond acceptors (Lipinski definition) is 5. The molecule has 0 unspecified atom stereocenters. The summed E-state index contributed by atoms with van der Waals surface area (Å²) in [6, 6.07) is 14.0. The lowest BCUT2D eigenvalue weighted by atomic mass is 10.0. The molecular formula is C22H19N3O4. The standard InChI is InChI=1S/C22H19N3O4/c1-29-20-11-16(7-8-19(20)26)18-13-23-21-10-15(12-24-25(18)21)6-5-14-3-2-4-17(9-14)22(27)28/h2-4,7-13,26H,5-6H2,1H3,(H,27,28). The van der Waals surface area contributed by atoms with Crippen LogP contribution in [0.1, 0.15) is 21.5 Å². The highest BCUT2D eigenvalue weighted by molar-refractivity contribution is 5.87. The van der Waals surface area contributed by atoms with E-state index in [2.05, 4.69) is 10.1 Å². The molecule has 0 aliphatic heterocycles. The molecule has 0 fully saturated rings. The second kappa shape index (κ2) is 7.63. The third kappa shape index (κ3) is 3.75. The Morgan fingerprint density at radius 2 is 1.90 bits per heavy atom. The highest BCUT2D eigenvalue weighted by Gasteiger charge is 2.11. The van der Waals surface area contributed by atoms with Crippen LogP contribution in [0.5, 0.6) is 11.5 Å². The zero-order chi connectivity index (χ0) is 20.4. The smallest absolute Gasteiger partial charge is 0.335 e. The van der Waals surface area contributed by atoms with Gasteiger partial charge in [-0.3, -0.25) is 0 Å². The largest absolute Gasteiger partial charge is 0.504 e. The monoisotopic (exact) mass is 389 g/mol. The van der Waals surface area contributed by atoms with Crippen molar-refractivity contribution in [2.75, 3.05) is 7.11 Å². The maximum Gasteiger partial charge on any atom is 0.335 e. The fourth-order valence-corrected chi connectivity index (χ4v) is 3.23. The van der Waals surface area contributed by atoms with E-state index in [0.717, 1.165) is 28.8 Å². The number of phenols is 1. The van der Waals surface area contributed by atoms with Crippen molar-refractivity contribution in [2.45, 2.75) is 12.8 Å². The van der Waals surface area contributed by atoms with Crippen molar-refractivity contribution < 1.29 is 19.7 Å². The van der Waals surface area contributed by atoms with Gasteiger partial charge in [0.1, 0.15) is 0 Å². The molecule has 0 spiro atoms. The van der Waals surface area contributed by atoms with Crippen LogP contribution in [-0.4, -0.2) is 37.9 Å². The van der Waals surface area contributed by atoms with Crippen LogP contribution in [0.2, 0.25) is 0 Å². The molecule has 4 rings (SSSR count). The van der Waals surface area contributed by atoms with Gasteiger partial charge in [0.25, 0.3) is 0 Å². The van der Waals surface area contributed by atoms with E-state index in [1.54, 1.807) is 53.3 Å². The number of rotatable bonds is 6. The lowest BCUT2D eigenvalue weighted by molar-refractivity contribution is 0.0696. The Morgan fingerprint density at radius 1 is 1.07 bits per heavy atom. The molecule has 2 aromatic heterocycles. The van der Waals surface area contributed by atoms with Crippen LogP contribution in [0.3, 0.4) is 0 Å². The van der Waals surface area contributed by atoms with Gasteiger partial charge in [-0.05, 0) is 60.4 Å². The van der Waals surface area contributed by atoms with Crippen molar-refractivity contribution in [1.29, 1.82) is 0 Å². The number of ether oxygens (including phenoxy) is 1. The van der Waals surface area contributed by atoms with Crippen molar-refractivity contribution in [3.8, 4) is 22.8 Å². The number of aromatic nitrogens is 3. The predicted molar refractivity (Wildman–Crippen MR) is 107 cm³/mol. The van der Waals surface area contributed by atoms with Gasteiger partial charge in [-0.2, -0.15) is 5.10 Å².